The smallest absolute Gasteiger partial charge is 0.233 e. The van der Waals surface area contributed by atoms with E-state index in [0.717, 1.165) is 22.6 Å². The van der Waals surface area contributed by atoms with Crippen LogP contribution in [0, 0.1) is 0 Å². The van der Waals surface area contributed by atoms with Gasteiger partial charge in [0, 0.05) is 37.6 Å². The van der Waals surface area contributed by atoms with E-state index in [0.29, 0.717) is 37.5 Å². The molecular weight excluding hydrogens is 424 g/mol. The third-order valence-electron chi connectivity index (χ3n) is 6.33. The summed E-state index contributed by atoms with van der Waals surface area (Å²) in [4.78, 5) is 29.2. The molecule has 1 aromatic heterocycles. The van der Waals surface area contributed by atoms with E-state index in [1.54, 1.807) is 11.8 Å². The highest BCUT2D eigenvalue weighted by atomic mass is 35.5. The molecule has 2 amide bonds. The second kappa shape index (κ2) is 9.21. The van der Waals surface area contributed by atoms with E-state index in [9.17, 15) is 9.59 Å². The molecule has 5 nitrogen and oxygen atoms in total. The van der Waals surface area contributed by atoms with Crippen LogP contribution in [-0.4, -0.2) is 41.8 Å². The van der Waals surface area contributed by atoms with Crippen LogP contribution in [0.3, 0.4) is 0 Å². The van der Waals surface area contributed by atoms with Gasteiger partial charge in [0.1, 0.15) is 11.5 Å². The summed E-state index contributed by atoms with van der Waals surface area (Å²) in [5.74, 6) is 1.56. The number of benzene rings is 2. The van der Waals surface area contributed by atoms with Crippen LogP contribution in [0.15, 0.2) is 71.1 Å². The molecular formula is C26H27ClN2O3. The van der Waals surface area contributed by atoms with Gasteiger partial charge >= 0.3 is 0 Å². The molecule has 3 aromatic rings. The van der Waals surface area contributed by atoms with Crippen molar-refractivity contribution in [1.82, 2.24) is 9.80 Å². The van der Waals surface area contributed by atoms with E-state index in [1.807, 2.05) is 78.7 Å². The number of rotatable bonds is 5. The maximum atomic E-state index is 13.8. The summed E-state index contributed by atoms with van der Waals surface area (Å²) < 4.78 is 6.02. The first kappa shape index (κ1) is 22.2. The van der Waals surface area contributed by atoms with Gasteiger partial charge in [0.15, 0.2) is 0 Å². The normalized spacial score (nSPS) is 15.4. The summed E-state index contributed by atoms with van der Waals surface area (Å²) in [6.45, 7) is 3.10. The highest BCUT2D eigenvalue weighted by Crippen LogP contribution is 2.38. The number of piperidine rings is 1. The van der Waals surface area contributed by atoms with Crippen molar-refractivity contribution in [1.29, 1.82) is 0 Å². The van der Waals surface area contributed by atoms with Crippen molar-refractivity contribution in [3.63, 3.8) is 0 Å². The minimum absolute atomic E-state index is 0.0522. The number of furan rings is 1. The van der Waals surface area contributed by atoms with E-state index in [2.05, 4.69) is 0 Å². The second-order valence-corrected chi connectivity index (χ2v) is 8.82. The fourth-order valence-corrected chi connectivity index (χ4v) is 4.62. The van der Waals surface area contributed by atoms with Gasteiger partial charge in [-0.3, -0.25) is 9.59 Å². The molecule has 4 rings (SSSR count). The van der Waals surface area contributed by atoms with Crippen LogP contribution in [0.25, 0.3) is 11.3 Å². The number of likely N-dealkylation sites (N-methyl/N-ethyl adjacent to an activating group) is 1. The summed E-state index contributed by atoms with van der Waals surface area (Å²) >= 11 is 5.98. The molecule has 1 fully saturated rings. The molecule has 0 aliphatic carbocycles. The van der Waals surface area contributed by atoms with Gasteiger partial charge < -0.3 is 14.2 Å². The molecule has 0 unspecified atom stereocenters. The summed E-state index contributed by atoms with van der Waals surface area (Å²) in [5, 5.41) is 0.674. The Morgan fingerprint density at radius 1 is 1.00 bits per heavy atom. The minimum Gasteiger partial charge on any atom is -0.459 e. The van der Waals surface area contributed by atoms with Crippen molar-refractivity contribution in [3.05, 3.63) is 83.1 Å². The Bertz CT molecular complexity index is 1080. The number of halogens is 1. The van der Waals surface area contributed by atoms with Crippen LogP contribution in [0.2, 0.25) is 5.02 Å². The zero-order valence-electron chi connectivity index (χ0n) is 18.4. The maximum absolute atomic E-state index is 13.8. The quantitative estimate of drug-likeness (QED) is 0.541. The predicted octanol–water partition coefficient (Wildman–Crippen LogP) is 5.14. The molecule has 0 radical (unpaired) electrons. The van der Waals surface area contributed by atoms with Crippen molar-refractivity contribution in [2.45, 2.75) is 31.7 Å². The van der Waals surface area contributed by atoms with E-state index >= 15 is 0 Å². The van der Waals surface area contributed by atoms with E-state index in [1.165, 1.54) is 0 Å². The number of hydrogen-bond acceptors (Lipinski definition) is 3. The molecule has 1 aliphatic rings. The molecule has 6 heteroatoms. The number of hydrogen-bond donors (Lipinski definition) is 0. The molecule has 0 N–H and O–H groups in total. The fourth-order valence-electron chi connectivity index (χ4n) is 4.49. The highest BCUT2D eigenvalue weighted by Gasteiger charge is 2.44. The van der Waals surface area contributed by atoms with Crippen LogP contribution in [-0.2, 0) is 21.5 Å². The van der Waals surface area contributed by atoms with Crippen LogP contribution >= 0.6 is 11.6 Å². The van der Waals surface area contributed by atoms with Crippen LogP contribution in [0.4, 0.5) is 0 Å². The first-order chi connectivity index (χ1) is 15.4. The average molecular weight is 451 g/mol. The molecule has 166 valence electrons. The average Bonchev–Trinajstić information content (AvgIpc) is 3.28. The minimum atomic E-state index is -0.645. The zero-order chi connectivity index (χ0) is 22.7. The van der Waals surface area contributed by atoms with E-state index in [-0.39, 0.29) is 11.8 Å². The molecule has 0 bridgehead atoms. The van der Waals surface area contributed by atoms with Crippen molar-refractivity contribution < 1.29 is 14.0 Å². The Morgan fingerprint density at radius 3 is 2.28 bits per heavy atom. The van der Waals surface area contributed by atoms with E-state index in [4.69, 9.17) is 16.0 Å². The summed E-state index contributed by atoms with van der Waals surface area (Å²) in [7, 11) is 1.81. The van der Waals surface area contributed by atoms with Crippen molar-refractivity contribution in [3.8, 4) is 11.3 Å². The topological polar surface area (TPSA) is 53.8 Å². The number of nitrogens with zero attached hydrogens (tertiary/aromatic N) is 2. The van der Waals surface area contributed by atoms with Crippen LogP contribution in [0.1, 0.15) is 31.1 Å². The Balaban J connectivity index is 1.54. The Morgan fingerprint density at radius 2 is 1.66 bits per heavy atom. The SMILES string of the molecule is CC(=O)N1CCC(C(=O)N(C)Cc2ccc(-c3ccc(Cl)cc3)o2)(c2ccccc2)CC1. The van der Waals surface area contributed by atoms with Gasteiger partial charge in [-0.1, -0.05) is 41.9 Å². The van der Waals surface area contributed by atoms with Gasteiger partial charge in [-0.15, -0.1) is 0 Å². The molecule has 1 saturated heterocycles. The molecule has 1 aliphatic heterocycles. The Hall–Kier alpha value is -3.05. The third kappa shape index (κ3) is 4.44. The van der Waals surface area contributed by atoms with Gasteiger partial charge in [-0.05, 0) is 54.8 Å². The van der Waals surface area contributed by atoms with Gasteiger partial charge in [0.2, 0.25) is 11.8 Å². The monoisotopic (exact) mass is 450 g/mol. The number of amides is 2. The Kier molecular flexibility index (Phi) is 6.38. The van der Waals surface area contributed by atoms with Gasteiger partial charge in [0.05, 0.1) is 12.0 Å². The highest BCUT2D eigenvalue weighted by molar-refractivity contribution is 6.30. The molecule has 0 spiro atoms. The van der Waals surface area contributed by atoms with E-state index < -0.39 is 5.41 Å². The summed E-state index contributed by atoms with van der Waals surface area (Å²) in [6, 6.07) is 21.2. The standard InChI is InChI=1S/C26H27ClN2O3/c1-19(30)29-16-14-26(15-17-29,21-6-4-3-5-7-21)25(31)28(2)18-23-12-13-24(32-23)20-8-10-22(27)11-9-20/h3-13H,14-18H2,1-2H3. The first-order valence-corrected chi connectivity index (χ1v) is 11.2. The number of carbonyl (C=O) groups excluding carboxylic acids is 2. The lowest BCUT2D eigenvalue weighted by Gasteiger charge is -2.42. The number of likely N-dealkylation sites (tertiary alicyclic amines) is 1. The predicted molar refractivity (Wildman–Crippen MR) is 125 cm³/mol. The van der Waals surface area contributed by atoms with Crippen molar-refractivity contribution in [2.75, 3.05) is 20.1 Å². The van der Waals surface area contributed by atoms with Crippen molar-refractivity contribution in [2.24, 2.45) is 0 Å². The molecule has 0 atom stereocenters. The lowest BCUT2D eigenvalue weighted by Crippen LogP contribution is -2.52. The van der Waals surface area contributed by atoms with Crippen LogP contribution < -0.4 is 0 Å². The summed E-state index contributed by atoms with van der Waals surface area (Å²) in [5.41, 5.74) is 1.29. The molecule has 2 aromatic carbocycles. The Labute approximate surface area is 193 Å². The first-order valence-electron chi connectivity index (χ1n) is 10.8. The summed E-state index contributed by atoms with van der Waals surface area (Å²) in [6.07, 6.45) is 1.21. The maximum Gasteiger partial charge on any atom is 0.233 e. The van der Waals surface area contributed by atoms with Gasteiger partial charge in [0.25, 0.3) is 0 Å². The number of carbonyl (C=O) groups is 2. The van der Waals surface area contributed by atoms with Gasteiger partial charge in [-0.25, -0.2) is 0 Å². The largest absolute Gasteiger partial charge is 0.459 e. The lowest BCUT2D eigenvalue weighted by molar-refractivity contribution is -0.142. The lowest BCUT2D eigenvalue weighted by atomic mass is 9.71. The molecule has 32 heavy (non-hydrogen) atoms. The van der Waals surface area contributed by atoms with Gasteiger partial charge in [-0.2, -0.15) is 0 Å². The fraction of sp³-hybridized carbons (Fsp3) is 0.308. The molecule has 0 saturated carbocycles. The molecule has 2 heterocycles. The second-order valence-electron chi connectivity index (χ2n) is 8.39. The van der Waals surface area contributed by atoms with Crippen LogP contribution in [0.5, 0.6) is 0 Å². The third-order valence-corrected chi connectivity index (χ3v) is 6.58. The van der Waals surface area contributed by atoms with Crippen molar-refractivity contribution >= 4 is 23.4 Å². The zero-order valence-corrected chi connectivity index (χ0v) is 19.1.